The fourth-order valence-electron chi connectivity index (χ4n) is 4.31. The SMILES string of the molecule is C[C@@H]1OC(c2ccc(OCCCO)cc2)=N[C@]1(Cc1ccccc1N=[N+]=[N-])C(=O)NN1CCCC1. The highest BCUT2D eigenvalue weighted by Gasteiger charge is 2.51. The molecule has 1 amide bonds. The van der Waals surface area contributed by atoms with Crippen molar-refractivity contribution in [2.45, 2.75) is 44.2 Å². The molecule has 35 heavy (non-hydrogen) atoms. The molecule has 2 aromatic rings. The van der Waals surface area contributed by atoms with Gasteiger partial charge in [-0.1, -0.05) is 29.4 Å². The van der Waals surface area contributed by atoms with E-state index in [4.69, 9.17) is 25.1 Å². The molecular formula is C25H30N6O4. The topological polar surface area (TPSA) is 132 Å². The number of nitrogens with zero attached hydrogens (tertiary/aromatic N) is 5. The van der Waals surface area contributed by atoms with E-state index in [2.05, 4.69) is 15.5 Å². The molecule has 0 radical (unpaired) electrons. The number of carbonyl (C=O) groups excluding carboxylic acids is 1. The van der Waals surface area contributed by atoms with Crippen molar-refractivity contribution < 1.29 is 19.4 Å². The molecule has 1 saturated heterocycles. The van der Waals surface area contributed by atoms with Crippen molar-refractivity contribution in [3.63, 3.8) is 0 Å². The molecule has 10 heteroatoms. The summed E-state index contributed by atoms with van der Waals surface area (Å²) in [7, 11) is 0. The summed E-state index contributed by atoms with van der Waals surface area (Å²) >= 11 is 0. The maximum atomic E-state index is 13.7. The Kier molecular flexibility index (Phi) is 7.87. The first-order chi connectivity index (χ1) is 17.1. The molecule has 2 aliphatic rings. The van der Waals surface area contributed by atoms with E-state index >= 15 is 0 Å². The summed E-state index contributed by atoms with van der Waals surface area (Å²) in [4.78, 5) is 21.5. The predicted molar refractivity (Wildman–Crippen MR) is 131 cm³/mol. The molecule has 2 aromatic carbocycles. The predicted octanol–water partition coefficient (Wildman–Crippen LogP) is 3.66. The number of carbonyl (C=O) groups is 1. The standard InChI is InChI=1S/C25H30N6O4/c1-18-25(24(33)29-31-13-4-5-14-31,17-20-7-2-3-8-22(20)28-30-26)27-23(35-18)19-9-11-21(12-10-19)34-16-6-15-32/h2-3,7-12,18,32H,4-6,13-17H2,1H3,(H,29,33)/t18-,25-/m0/s1. The van der Waals surface area contributed by atoms with Gasteiger partial charge < -0.3 is 14.6 Å². The first kappa shape index (κ1) is 24.5. The lowest BCUT2D eigenvalue weighted by atomic mass is 9.85. The number of azide groups is 1. The van der Waals surface area contributed by atoms with Crippen molar-refractivity contribution in [1.82, 2.24) is 10.4 Å². The molecule has 0 aromatic heterocycles. The number of aliphatic imine (C=N–C) groups is 1. The Morgan fingerprint density at radius 2 is 2.03 bits per heavy atom. The fraction of sp³-hybridized carbons (Fsp3) is 0.440. The van der Waals surface area contributed by atoms with Gasteiger partial charge in [0.1, 0.15) is 11.9 Å². The second kappa shape index (κ2) is 11.2. The quantitative estimate of drug-likeness (QED) is 0.233. The lowest BCUT2D eigenvalue weighted by molar-refractivity contribution is -0.133. The van der Waals surface area contributed by atoms with E-state index in [-0.39, 0.29) is 18.9 Å². The van der Waals surface area contributed by atoms with E-state index in [0.29, 0.717) is 30.4 Å². The van der Waals surface area contributed by atoms with E-state index in [1.54, 1.807) is 12.1 Å². The van der Waals surface area contributed by atoms with Crippen LogP contribution in [0.25, 0.3) is 10.4 Å². The molecule has 2 aliphatic heterocycles. The number of ether oxygens (including phenoxy) is 2. The highest BCUT2D eigenvalue weighted by molar-refractivity contribution is 6.00. The van der Waals surface area contributed by atoms with Crippen LogP contribution < -0.4 is 10.2 Å². The monoisotopic (exact) mass is 478 g/mol. The average Bonchev–Trinajstić information content (AvgIpc) is 3.49. The Morgan fingerprint density at radius 1 is 1.29 bits per heavy atom. The van der Waals surface area contributed by atoms with Crippen LogP contribution in [0.3, 0.4) is 0 Å². The van der Waals surface area contributed by atoms with Gasteiger partial charge in [0.05, 0.1) is 6.61 Å². The molecule has 2 heterocycles. The minimum absolute atomic E-state index is 0.0744. The molecule has 2 atom stereocenters. The average molecular weight is 479 g/mol. The Hall–Kier alpha value is -3.59. The third-order valence-corrected chi connectivity index (χ3v) is 6.30. The lowest BCUT2D eigenvalue weighted by Crippen LogP contribution is -2.56. The van der Waals surface area contributed by atoms with Gasteiger partial charge in [-0.25, -0.2) is 10.0 Å². The maximum absolute atomic E-state index is 13.7. The summed E-state index contributed by atoms with van der Waals surface area (Å²) in [6.07, 6.45) is 2.27. The van der Waals surface area contributed by atoms with Gasteiger partial charge in [-0.2, -0.15) is 0 Å². The van der Waals surface area contributed by atoms with Crippen LogP contribution >= 0.6 is 0 Å². The second-order valence-electron chi connectivity index (χ2n) is 8.68. The molecule has 4 rings (SSSR count). The van der Waals surface area contributed by atoms with E-state index in [1.165, 1.54) is 0 Å². The number of hydrogen-bond acceptors (Lipinski definition) is 7. The van der Waals surface area contributed by atoms with Crippen molar-refractivity contribution in [2.75, 3.05) is 26.3 Å². The molecule has 1 fully saturated rings. The molecule has 10 nitrogen and oxygen atoms in total. The van der Waals surface area contributed by atoms with Crippen molar-refractivity contribution in [2.24, 2.45) is 10.1 Å². The molecule has 2 N–H and O–H groups in total. The smallest absolute Gasteiger partial charge is 0.266 e. The number of hydrazine groups is 1. The largest absolute Gasteiger partial charge is 0.494 e. The van der Waals surface area contributed by atoms with Gasteiger partial charge in [-0.15, -0.1) is 0 Å². The number of hydrogen-bond donors (Lipinski definition) is 2. The lowest BCUT2D eigenvalue weighted by Gasteiger charge is -2.30. The van der Waals surface area contributed by atoms with Crippen molar-refractivity contribution in [3.05, 3.63) is 70.1 Å². The number of benzene rings is 2. The molecule has 0 unspecified atom stereocenters. The summed E-state index contributed by atoms with van der Waals surface area (Å²) in [5, 5.41) is 14.6. The van der Waals surface area contributed by atoms with Crippen LogP contribution in [0, 0.1) is 0 Å². The zero-order chi connectivity index (χ0) is 24.7. The summed E-state index contributed by atoms with van der Waals surface area (Å²) in [5.74, 6) is 0.800. The minimum Gasteiger partial charge on any atom is -0.494 e. The number of aliphatic hydroxyl groups excluding tert-OH is 1. The Labute approximate surface area is 204 Å². The van der Waals surface area contributed by atoms with Crippen molar-refractivity contribution in [1.29, 1.82) is 0 Å². The van der Waals surface area contributed by atoms with Gasteiger partial charge >= 0.3 is 0 Å². The van der Waals surface area contributed by atoms with Gasteiger partial charge in [0.25, 0.3) is 5.91 Å². The van der Waals surface area contributed by atoms with Gasteiger partial charge in [0.2, 0.25) is 5.90 Å². The fourth-order valence-corrected chi connectivity index (χ4v) is 4.31. The molecule has 184 valence electrons. The summed E-state index contributed by atoms with van der Waals surface area (Å²) in [5.41, 5.74) is 12.7. The van der Waals surface area contributed by atoms with Crippen LogP contribution in [0.4, 0.5) is 5.69 Å². The zero-order valence-electron chi connectivity index (χ0n) is 19.8. The van der Waals surface area contributed by atoms with Gasteiger partial charge in [-0.05, 0) is 55.1 Å². The zero-order valence-corrected chi connectivity index (χ0v) is 19.8. The van der Waals surface area contributed by atoms with Crippen LogP contribution in [0.15, 0.2) is 58.6 Å². The molecular weight excluding hydrogens is 448 g/mol. The van der Waals surface area contributed by atoms with Crippen LogP contribution in [0.2, 0.25) is 0 Å². The number of rotatable bonds is 10. The molecule has 0 spiro atoms. The van der Waals surface area contributed by atoms with E-state index in [0.717, 1.165) is 37.1 Å². The van der Waals surface area contributed by atoms with E-state index < -0.39 is 11.6 Å². The number of aliphatic hydroxyl groups is 1. The van der Waals surface area contributed by atoms with Crippen LogP contribution in [-0.4, -0.2) is 59.9 Å². The minimum atomic E-state index is -1.24. The van der Waals surface area contributed by atoms with E-state index in [9.17, 15) is 4.79 Å². The van der Waals surface area contributed by atoms with Gasteiger partial charge in [0.15, 0.2) is 5.54 Å². The molecule has 0 bridgehead atoms. The van der Waals surface area contributed by atoms with Crippen LogP contribution in [0.5, 0.6) is 5.75 Å². The normalized spacial score (nSPS) is 21.7. The van der Waals surface area contributed by atoms with Crippen LogP contribution in [-0.2, 0) is 16.0 Å². The summed E-state index contributed by atoms with van der Waals surface area (Å²) in [6, 6.07) is 14.5. The highest BCUT2D eigenvalue weighted by atomic mass is 16.5. The van der Waals surface area contributed by atoms with Gasteiger partial charge in [-0.3, -0.25) is 10.2 Å². The van der Waals surface area contributed by atoms with Gasteiger partial charge in [0, 0.05) is 48.7 Å². The third-order valence-electron chi connectivity index (χ3n) is 6.30. The van der Waals surface area contributed by atoms with Crippen LogP contribution in [0.1, 0.15) is 37.3 Å². The van der Waals surface area contributed by atoms with Crippen molar-refractivity contribution >= 4 is 17.5 Å². The van der Waals surface area contributed by atoms with E-state index in [1.807, 2.05) is 48.3 Å². The second-order valence-corrected chi connectivity index (χ2v) is 8.68. The summed E-state index contributed by atoms with van der Waals surface area (Å²) in [6.45, 7) is 3.92. The first-order valence-electron chi connectivity index (χ1n) is 11.9. The highest BCUT2D eigenvalue weighted by Crippen LogP contribution is 2.35. The number of amides is 1. The maximum Gasteiger partial charge on any atom is 0.266 e. The first-order valence-corrected chi connectivity index (χ1v) is 11.9. The Bertz CT molecular complexity index is 1110. The molecule has 0 aliphatic carbocycles. The molecule has 0 saturated carbocycles. The van der Waals surface area contributed by atoms with Crippen molar-refractivity contribution in [3.8, 4) is 5.75 Å². The third kappa shape index (κ3) is 5.57. The summed E-state index contributed by atoms with van der Waals surface area (Å²) < 4.78 is 11.8. The Morgan fingerprint density at radius 3 is 2.74 bits per heavy atom. The Balaban J connectivity index is 1.65. The number of nitrogens with one attached hydrogen (secondary N) is 1.